The van der Waals surface area contributed by atoms with E-state index in [0.717, 1.165) is 17.5 Å². The van der Waals surface area contributed by atoms with Crippen LogP contribution in [0.4, 0.5) is 0 Å². The monoisotopic (exact) mass is 583 g/mol. The zero-order chi connectivity index (χ0) is 29.1. The first-order valence-electron chi connectivity index (χ1n) is 13.5. The molecule has 0 radical (unpaired) electrons. The summed E-state index contributed by atoms with van der Waals surface area (Å²) in [7, 11) is -2.16. The SMILES string of the molecule is CC[C@H](C)NC(=O)[C@H](Cc1ccccc1)N(Cc1cccc(Cl)c1)C(=O)CCCN(C)S(=O)(=O)c1ccccc1. The highest BCUT2D eigenvalue weighted by Crippen LogP contribution is 2.20. The zero-order valence-corrected chi connectivity index (χ0v) is 24.9. The number of nitrogens with zero attached hydrogens (tertiary/aromatic N) is 2. The van der Waals surface area contributed by atoms with E-state index in [-0.39, 0.29) is 42.3 Å². The lowest BCUT2D eigenvalue weighted by Crippen LogP contribution is -2.52. The largest absolute Gasteiger partial charge is 0.352 e. The van der Waals surface area contributed by atoms with Crippen LogP contribution in [-0.4, -0.2) is 55.1 Å². The van der Waals surface area contributed by atoms with Crippen molar-refractivity contribution in [2.24, 2.45) is 0 Å². The first-order valence-corrected chi connectivity index (χ1v) is 15.3. The summed E-state index contributed by atoms with van der Waals surface area (Å²) < 4.78 is 27.1. The lowest BCUT2D eigenvalue weighted by Gasteiger charge is -2.32. The first kappa shape index (κ1) is 31.3. The van der Waals surface area contributed by atoms with E-state index in [1.165, 1.54) is 11.4 Å². The van der Waals surface area contributed by atoms with Crippen LogP contribution in [0.1, 0.15) is 44.2 Å². The molecule has 1 N–H and O–H groups in total. The first-order chi connectivity index (χ1) is 19.1. The van der Waals surface area contributed by atoms with E-state index >= 15 is 0 Å². The molecular formula is C31H38ClN3O4S. The molecule has 0 aliphatic rings. The van der Waals surface area contributed by atoms with Crippen LogP contribution >= 0.6 is 11.6 Å². The zero-order valence-electron chi connectivity index (χ0n) is 23.3. The fourth-order valence-electron chi connectivity index (χ4n) is 4.32. The van der Waals surface area contributed by atoms with Gasteiger partial charge in [0.1, 0.15) is 6.04 Å². The molecule has 0 saturated carbocycles. The van der Waals surface area contributed by atoms with E-state index < -0.39 is 16.1 Å². The van der Waals surface area contributed by atoms with Crippen LogP contribution in [0, 0.1) is 0 Å². The number of amides is 2. The normalized spacial score (nSPS) is 13.0. The van der Waals surface area contributed by atoms with Crippen LogP contribution in [0.15, 0.2) is 89.8 Å². The van der Waals surface area contributed by atoms with Crippen molar-refractivity contribution in [3.8, 4) is 0 Å². The maximum absolute atomic E-state index is 13.8. The predicted octanol–water partition coefficient (Wildman–Crippen LogP) is 5.30. The Morgan fingerprint density at radius 3 is 2.17 bits per heavy atom. The van der Waals surface area contributed by atoms with Crippen LogP contribution < -0.4 is 5.32 Å². The quantitative estimate of drug-likeness (QED) is 0.279. The number of sulfonamides is 1. The molecule has 0 bridgehead atoms. The molecule has 9 heteroatoms. The number of hydrogen-bond donors (Lipinski definition) is 1. The highest BCUT2D eigenvalue weighted by molar-refractivity contribution is 7.89. The second-order valence-corrected chi connectivity index (χ2v) is 12.4. The molecule has 3 aromatic carbocycles. The van der Waals surface area contributed by atoms with Gasteiger partial charge in [0, 0.05) is 44.0 Å². The maximum Gasteiger partial charge on any atom is 0.243 e. The molecule has 3 rings (SSSR count). The Labute approximate surface area is 243 Å². The molecule has 0 heterocycles. The average molecular weight is 584 g/mol. The topological polar surface area (TPSA) is 86.8 Å². The molecule has 0 aliphatic heterocycles. The number of hydrogen-bond acceptors (Lipinski definition) is 4. The van der Waals surface area contributed by atoms with E-state index in [4.69, 9.17) is 11.6 Å². The molecule has 0 fully saturated rings. The van der Waals surface area contributed by atoms with Crippen LogP contribution in [0.5, 0.6) is 0 Å². The van der Waals surface area contributed by atoms with Gasteiger partial charge in [-0.1, -0.05) is 79.2 Å². The van der Waals surface area contributed by atoms with Gasteiger partial charge >= 0.3 is 0 Å². The molecule has 3 aromatic rings. The predicted molar refractivity (Wildman–Crippen MR) is 159 cm³/mol. The summed E-state index contributed by atoms with van der Waals surface area (Å²) in [6.45, 7) is 4.29. The molecular weight excluding hydrogens is 546 g/mol. The minimum absolute atomic E-state index is 0.0502. The van der Waals surface area contributed by atoms with Gasteiger partial charge in [-0.05, 0) is 55.2 Å². The van der Waals surface area contributed by atoms with Gasteiger partial charge in [-0.15, -0.1) is 0 Å². The Hall–Kier alpha value is -3.20. The van der Waals surface area contributed by atoms with Crippen LogP contribution in [0.3, 0.4) is 0 Å². The Balaban J connectivity index is 1.83. The van der Waals surface area contributed by atoms with Gasteiger partial charge in [0.05, 0.1) is 4.90 Å². The van der Waals surface area contributed by atoms with Crippen molar-refractivity contribution in [1.29, 1.82) is 0 Å². The fourth-order valence-corrected chi connectivity index (χ4v) is 5.76. The molecule has 0 aromatic heterocycles. The number of rotatable bonds is 14. The number of carbonyl (C=O) groups is 2. The third kappa shape index (κ3) is 8.91. The number of nitrogens with one attached hydrogen (secondary N) is 1. The average Bonchev–Trinajstić information content (AvgIpc) is 2.95. The van der Waals surface area contributed by atoms with Crippen molar-refractivity contribution in [3.05, 3.63) is 101 Å². The molecule has 0 aliphatic carbocycles. The van der Waals surface area contributed by atoms with Crippen molar-refractivity contribution in [2.45, 2.75) is 63.1 Å². The van der Waals surface area contributed by atoms with Crippen molar-refractivity contribution in [3.63, 3.8) is 0 Å². The van der Waals surface area contributed by atoms with Crippen LogP contribution in [-0.2, 0) is 32.6 Å². The van der Waals surface area contributed by atoms with E-state index in [2.05, 4.69) is 5.32 Å². The smallest absolute Gasteiger partial charge is 0.243 e. The summed E-state index contributed by atoms with van der Waals surface area (Å²) >= 11 is 6.23. The lowest BCUT2D eigenvalue weighted by molar-refractivity contribution is -0.141. The number of carbonyl (C=O) groups excluding carboxylic acids is 2. The Bertz CT molecular complexity index is 1350. The highest BCUT2D eigenvalue weighted by Gasteiger charge is 2.31. The standard InChI is InChI=1S/C31H38ClN3O4S/c1-4-24(2)33-31(37)29(22-25-13-7-5-8-14-25)35(23-26-15-11-16-27(32)21-26)30(36)19-12-20-34(3)40(38,39)28-17-9-6-10-18-28/h5-11,13-18,21,24,29H,4,12,19-20,22-23H2,1-3H3,(H,33,37)/t24-,29-/m0/s1. The van der Waals surface area contributed by atoms with Crippen LogP contribution in [0.25, 0.3) is 0 Å². The molecule has 214 valence electrons. The van der Waals surface area contributed by atoms with Gasteiger partial charge in [-0.25, -0.2) is 12.7 Å². The van der Waals surface area contributed by atoms with E-state index in [1.54, 1.807) is 47.4 Å². The molecule has 0 unspecified atom stereocenters. The molecule has 40 heavy (non-hydrogen) atoms. The van der Waals surface area contributed by atoms with Gasteiger partial charge < -0.3 is 10.2 Å². The Kier molecular flexibility index (Phi) is 11.7. The summed E-state index contributed by atoms with van der Waals surface area (Å²) in [4.78, 5) is 29.1. The van der Waals surface area contributed by atoms with Gasteiger partial charge in [-0.3, -0.25) is 9.59 Å². The number of halogens is 1. The van der Waals surface area contributed by atoms with Crippen molar-refractivity contribution in [1.82, 2.24) is 14.5 Å². The third-order valence-electron chi connectivity index (χ3n) is 6.83. The summed E-state index contributed by atoms with van der Waals surface area (Å²) in [6.07, 6.45) is 1.49. The summed E-state index contributed by atoms with van der Waals surface area (Å²) in [6, 6.07) is 24.2. The Morgan fingerprint density at radius 1 is 0.925 bits per heavy atom. The minimum atomic E-state index is -3.67. The summed E-state index contributed by atoms with van der Waals surface area (Å²) in [5.41, 5.74) is 1.74. The molecule has 2 atom stereocenters. The van der Waals surface area contributed by atoms with E-state index in [0.29, 0.717) is 17.9 Å². The minimum Gasteiger partial charge on any atom is -0.352 e. The highest BCUT2D eigenvalue weighted by atomic mass is 35.5. The fraction of sp³-hybridized carbons (Fsp3) is 0.355. The van der Waals surface area contributed by atoms with Crippen molar-refractivity contribution < 1.29 is 18.0 Å². The second kappa shape index (κ2) is 15.0. The molecule has 2 amide bonds. The van der Waals surface area contributed by atoms with E-state index in [9.17, 15) is 18.0 Å². The Morgan fingerprint density at radius 2 is 1.55 bits per heavy atom. The van der Waals surface area contributed by atoms with Gasteiger partial charge in [0.15, 0.2) is 0 Å². The van der Waals surface area contributed by atoms with Crippen LogP contribution in [0.2, 0.25) is 5.02 Å². The number of benzene rings is 3. The lowest BCUT2D eigenvalue weighted by atomic mass is 10.0. The van der Waals surface area contributed by atoms with Crippen molar-refractivity contribution in [2.75, 3.05) is 13.6 Å². The van der Waals surface area contributed by atoms with Gasteiger partial charge in [0.25, 0.3) is 0 Å². The van der Waals surface area contributed by atoms with Gasteiger partial charge in [0.2, 0.25) is 21.8 Å². The molecule has 0 saturated heterocycles. The second-order valence-electron chi connectivity index (χ2n) is 9.92. The third-order valence-corrected chi connectivity index (χ3v) is 8.94. The molecule has 7 nitrogen and oxygen atoms in total. The van der Waals surface area contributed by atoms with Gasteiger partial charge in [-0.2, -0.15) is 0 Å². The van der Waals surface area contributed by atoms with E-state index in [1.807, 2.05) is 56.3 Å². The summed E-state index contributed by atoms with van der Waals surface area (Å²) in [5, 5.41) is 3.59. The van der Waals surface area contributed by atoms with Crippen molar-refractivity contribution >= 4 is 33.4 Å². The maximum atomic E-state index is 13.8. The summed E-state index contributed by atoms with van der Waals surface area (Å²) in [5.74, 6) is -0.455. The molecule has 0 spiro atoms.